The van der Waals surface area contributed by atoms with Gasteiger partial charge in [-0.1, -0.05) is 0 Å². The van der Waals surface area contributed by atoms with Gasteiger partial charge in [-0.05, 0) is 39.8 Å². The Kier molecular flexibility index (Phi) is 5.13. The molecular formula is C13H26N2O3. The summed E-state index contributed by atoms with van der Waals surface area (Å²) in [6.45, 7) is 5.81. The third-order valence-corrected chi connectivity index (χ3v) is 4.03. The molecule has 1 heterocycles. The van der Waals surface area contributed by atoms with Crippen molar-refractivity contribution >= 4 is 5.91 Å². The van der Waals surface area contributed by atoms with E-state index in [0.717, 1.165) is 25.9 Å². The molecule has 1 amide bonds. The first-order valence-corrected chi connectivity index (χ1v) is 6.48. The molecule has 18 heavy (non-hydrogen) atoms. The molecule has 0 unspecified atom stereocenters. The molecule has 1 aliphatic rings. The van der Waals surface area contributed by atoms with Gasteiger partial charge in [0.1, 0.15) is 0 Å². The molecule has 0 aromatic rings. The van der Waals surface area contributed by atoms with E-state index in [1.54, 1.807) is 19.1 Å². The Hall–Kier alpha value is -0.650. The van der Waals surface area contributed by atoms with E-state index in [9.17, 15) is 9.90 Å². The van der Waals surface area contributed by atoms with Gasteiger partial charge in [-0.3, -0.25) is 4.79 Å². The Balaban J connectivity index is 2.88. The summed E-state index contributed by atoms with van der Waals surface area (Å²) >= 11 is 0. The number of rotatable bonds is 5. The van der Waals surface area contributed by atoms with Crippen molar-refractivity contribution in [3.8, 4) is 0 Å². The number of amides is 1. The first kappa shape index (κ1) is 15.4. The van der Waals surface area contributed by atoms with Crippen LogP contribution >= 0.6 is 0 Å². The molecule has 1 saturated heterocycles. The molecule has 0 spiro atoms. The number of aliphatic hydroxyl groups is 1. The SMILES string of the molecule is COCC1(C(=O)N(C)C(C)(C)CO)CCNCC1. The predicted octanol–water partition coefficient (Wildman–Crippen LogP) is 0.232. The number of ether oxygens (including phenoxy) is 1. The number of methoxy groups -OCH3 is 1. The van der Waals surface area contributed by atoms with Gasteiger partial charge in [-0.2, -0.15) is 0 Å². The Bertz CT molecular complexity index is 280. The number of hydrogen-bond acceptors (Lipinski definition) is 4. The van der Waals surface area contributed by atoms with Crippen molar-refractivity contribution < 1.29 is 14.6 Å². The lowest BCUT2D eigenvalue weighted by atomic mass is 9.77. The lowest BCUT2D eigenvalue weighted by Gasteiger charge is -2.43. The monoisotopic (exact) mass is 258 g/mol. The number of likely N-dealkylation sites (N-methyl/N-ethyl adjacent to an activating group) is 1. The Morgan fingerprint density at radius 3 is 2.44 bits per heavy atom. The van der Waals surface area contributed by atoms with E-state index in [-0.39, 0.29) is 12.5 Å². The summed E-state index contributed by atoms with van der Waals surface area (Å²) in [6, 6.07) is 0. The van der Waals surface area contributed by atoms with Gasteiger partial charge < -0.3 is 20.1 Å². The topological polar surface area (TPSA) is 61.8 Å². The van der Waals surface area contributed by atoms with Crippen molar-refractivity contribution in [2.24, 2.45) is 5.41 Å². The Morgan fingerprint density at radius 1 is 1.44 bits per heavy atom. The minimum atomic E-state index is -0.539. The molecule has 0 aromatic carbocycles. The van der Waals surface area contributed by atoms with E-state index >= 15 is 0 Å². The Morgan fingerprint density at radius 2 is 2.00 bits per heavy atom. The highest BCUT2D eigenvalue weighted by molar-refractivity contribution is 5.83. The van der Waals surface area contributed by atoms with Crippen LogP contribution in [0.4, 0.5) is 0 Å². The fraction of sp³-hybridized carbons (Fsp3) is 0.923. The number of piperidine rings is 1. The zero-order valence-corrected chi connectivity index (χ0v) is 12.0. The maximum absolute atomic E-state index is 12.7. The molecule has 0 atom stereocenters. The molecule has 0 saturated carbocycles. The molecule has 1 fully saturated rings. The van der Waals surface area contributed by atoms with Gasteiger partial charge in [-0.15, -0.1) is 0 Å². The van der Waals surface area contributed by atoms with E-state index in [1.807, 2.05) is 13.8 Å². The third-order valence-electron chi connectivity index (χ3n) is 4.03. The van der Waals surface area contributed by atoms with E-state index in [2.05, 4.69) is 5.32 Å². The minimum Gasteiger partial charge on any atom is -0.394 e. The number of nitrogens with one attached hydrogen (secondary N) is 1. The van der Waals surface area contributed by atoms with Gasteiger partial charge in [0, 0.05) is 14.2 Å². The third kappa shape index (κ3) is 3.02. The van der Waals surface area contributed by atoms with E-state index in [4.69, 9.17) is 4.74 Å². The summed E-state index contributed by atoms with van der Waals surface area (Å²) in [5.74, 6) is 0.0740. The van der Waals surface area contributed by atoms with Crippen molar-refractivity contribution in [1.82, 2.24) is 10.2 Å². The summed E-state index contributed by atoms with van der Waals surface area (Å²) in [5.41, 5.74) is -0.982. The van der Waals surface area contributed by atoms with Gasteiger partial charge >= 0.3 is 0 Å². The Labute approximate surface area is 109 Å². The van der Waals surface area contributed by atoms with Gasteiger partial charge in [0.25, 0.3) is 0 Å². The zero-order chi connectivity index (χ0) is 13.8. The summed E-state index contributed by atoms with van der Waals surface area (Å²) in [7, 11) is 3.40. The minimum absolute atomic E-state index is 0.0451. The van der Waals surface area contributed by atoms with Crippen LogP contribution in [0.5, 0.6) is 0 Å². The van der Waals surface area contributed by atoms with Gasteiger partial charge in [0.2, 0.25) is 5.91 Å². The highest BCUT2D eigenvalue weighted by Crippen LogP contribution is 2.33. The number of aliphatic hydroxyl groups excluding tert-OH is 1. The van der Waals surface area contributed by atoms with Gasteiger partial charge in [0.05, 0.1) is 24.2 Å². The molecule has 0 radical (unpaired) electrons. The second kappa shape index (κ2) is 5.99. The van der Waals surface area contributed by atoms with Crippen LogP contribution in [0.2, 0.25) is 0 Å². The van der Waals surface area contributed by atoms with Crippen LogP contribution in [0.15, 0.2) is 0 Å². The van der Waals surface area contributed by atoms with Crippen LogP contribution in [0.1, 0.15) is 26.7 Å². The van der Waals surface area contributed by atoms with Crippen molar-refractivity contribution in [3.63, 3.8) is 0 Å². The van der Waals surface area contributed by atoms with Crippen LogP contribution < -0.4 is 5.32 Å². The maximum Gasteiger partial charge on any atom is 0.231 e. The number of carbonyl (C=O) groups is 1. The molecule has 0 aromatic heterocycles. The summed E-state index contributed by atoms with van der Waals surface area (Å²) < 4.78 is 5.26. The molecule has 2 N–H and O–H groups in total. The normalized spacial score (nSPS) is 19.6. The highest BCUT2D eigenvalue weighted by Gasteiger charge is 2.44. The molecule has 5 heteroatoms. The van der Waals surface area contributed by atoms with Crippen molar-refractivity contribution in [2.75, 3.05) is 40.5 Å². The standard InChI is InChI=1S/C13H26N2O3/c1-12(2,9-16)15(3)11(17)13(10-18-4)5-7-14-8-6-13/h14,16H,5-10H2,1-4H3. The molecule has 106 valence electrons. The van der Waals surface area contributed by atoms with Gasteiger partial charge in [-0.25, -0.2) is 0 Å². The van der Waals surface area contributed by atoms with Crippen molar-refractivity contribution in [2.45, 2.75) is 32.2 Å². The van der Waals surface area contributed by atoms with Crippen LogP contribution in [0.25, 0.3) is 0 Å². The molecule has 1 aliphatic heterocycles. The van der Waals surface area contributed by atoms with Crippen LogP contribution in [0, 0.1) is 5.41 Å². The largest absolute Gasteiger partial charge is 0.394 e. The fourth-order valence-electron chi connectivity index (χ4n) is 2.34. The van der Waals surface area contributed by atoms with E-state index < -0.39 is 11.0 Å². The maximum atomic E-state index is 12.7. The lowest BCUT2D eigenvalue weighted by Crippen LogP contribution is -2.57. The average molecular weight is 258 g/mol. The van der Waals surface area contributed by atoms with Crippen molar-refractivity contribution in [1.29, 1.82) is 0 Å². The predicted molar refractivity (Wildman–Crippen MR) is 70.3 cm³/mol. The highest BCUT2D eigenvalue weighted by atomic mass is 16.5. The summed E-state index contributed by atoms with van der Waals surface area (Å²) in [6.07, 6.45) is 1.57. The number of carbonyl (C=O) groups excluding carboxylic acids is 1. The quantitative estimate of drug-likeness (QED) is 0.741. The molecule has 0 aliphatic carbocycles. The molecule has 1 rings (SSSR count). The zero-order valence-electron chi connectivity index (χ0n) is 12.0. The first-order valence-electron chi connectivity index (χ1n) is 6.48. The fourth-order valence-corrected chi connectivity index (χ4v) is 2.34. The van der Waals surface area contributed by atoms with E-state index in [0.29, 0.717) is 6.61 Å². The van der Waals surface area contributed by atoms with Crippen molar-refractivity contribution in [3.05, 3.63) is 0 Å². The molecular weight excluding hydrogens is 232 g/mol. The second-order valence-electron chi connectivity index (χ2n) is 5.80. The molecule has 5 nitrogen and oxygen atoms in total. The summed E-state index contributed by atoms with van der Waals surface area (Å²) in [4.78, 5) is 14.4. The smallest absolute Gasteiger partial charge is 0.231 e. The number of nitrogens with zero attached hydrogens (tertiary/aromatic N) is 1. The summed E-state index contributed by atoms with van der Waals surface area (Å²) in [5, 5.41) is 12.7. The van der Waals surface area contributed by atoms with Crippen LogP contribution in [-0.4, -0.2) is 61.9 Å². The lowest BCUT2D eigenvalue weighted by molar-refractivity contribution is -0.152. The average Bonchev–Trinajstić information content (AvgIpc) is 2.38. The van der Waals surface area contributed by atoms with Crippen LogP contribution in [-0.2, 0) is 9.53 Å². The van der Waals surface area contributed by atoms with E-state index in [1.165, 1.54) is 0 Å². The molecule has 0 bridgehead atoms. The number of hydrogen-bond donors (Lipinski definition) is 2. The first-order chi connectivity index (χ1) is 8.39. The van der Waals surface area contributed by atoms with Crippen LogP contribution in [0.3, 0.4) is 0 Å². The van der Waals surface area contributed by atoms with Gasteiger partial charge in [0.15, 0.2) is 0 Å². The second-order valence-corrected chi connectivity index (χ2v) is 5.80.